The van der Waals surface area contributed by atoms with E-state index in [1.54, 1.807) is 35.7 Å². The van der Waals surface area contributed by atoms with E-state index < -0.39 is 11.9 Å². The van der Waals surface area contributed by atoms with Crippen molar-refractivity contribution < 1.29 is 24.4 Å². The summed E-state index contributed by atoms with van der Waals surface area (Å²) in [7, 11) is 0. The third-order valence-electron chi connectivity index (χ3n) is 4.32. The maximum atomic E-state index is 12.0. The van der Waals surface area contributed by atoms with Gasteiger partial charge in [0.25, 0.3) is 0 Å². The number of thioether (sulfide) groups is 2. The monoisotopic (exact) mass is 356 g/mol. The first-order valence-corrected chi connectivity index (χ1v) is 9.60. The Labute approximate surface area is 141 Å². The minimum atomic E-state index is -0.627. The molecule has 0 saturated carbocycles. The molecular weight excluding hydrogens is 340 g/mol. The van der Waals surface area contributed by atoms with E-state index in [2.05, 4.69) is 14.8 Å². The van der Waals surface area contributed by atoms with Crippen LogP contribution in [-0.2, 0) is 24.4 Å². The summed E-state index contributed by atoms with van der Waals surface area (Å²) in [6, 6.07) is 0. The van der Waals surface area contributed by atoms with Gasteiger partial charge in [0.2, 0.25) is 0 Å². The molecule has 0 spiro atoms. The summed E-state index contributed by atoms with van der Waals surface area (Å²) in [5, 5.41) is 5.12. The number of carbonyl (C=O) groups is 2. The second kappa shape index (κ2) is 6.29. The van der Waals surface area contributed by atoms with E-state index in [0.29, 0.717) is 22.1 Å². The van der Waals surface area contributed by atoms with Gasteiger partial charge in [0.1, 0.15) is 11.4 Å². The molecule has 0 aromatic heterocycles. The normalized spacial score (nSPS) is 28.3. The molecule has 124 valence electrons. The van der Waals surface area contributed by atoms with Crippen molar-refractivity contribution in [2.45, 2.75) is 23.6 Å². The number of carbonyl (C=O) groups excluding carboxylic acids is 2. The lowest BCUT2D eigenvalue weighted by Crippen LogP contribution is -2.49. The molecule has 9 heteroatoms. The van der Waals surface area contributed by atoms with E-state index in [9.17, 15) is 9.59 Å². The second-order valence-electron chi connectivity index (χ2n) is 5.53. The maximum absolute atomic E-state index is 12.0. The topological polar surface area (TPSA) is 68.3 Å². The predicted molar refractivity (Wildman–Crippen MR) is 84.6 cm³/mol. The van der Waals surface area contributed by atoms with Gasteiger partial charge in [0, 0.05) is 29.6 Å². The Balaban J connectivity index is 1.27. The number of hydrogen-bond donors (Lipinski definition) is 0. The highest BCUT2D eigenvalue weighted by molar-refractivity contribution is 8.00. The van der Waals surface area contributed by atoms with Gasteiger partial charge in [-0.15, -0.1) is 23.5 Å². The van der Waals surface area contributed by atoms with Gasteiger partial charge >= 0.3 is 11.9 Å². The minimum absolute atomic E-state index is 0.346. The smallest absolute Gasteiger partial charge is 0.354 e. The largest absolute Gasteiger partial charge is 0.393 e. The van der Waals surface area contributed by atoms with Gasteiger partial charge in [0.05, 0.1) is 10.7 Å². The fourth-order valence-electron chi connectivity index (χ4n) is 2.90. The lowest BCUT2D eigenvalue weighted by molar-refractivity contribution is -0.457. The molecule has 0 amide bonds. The van der Waals surface area contributed by atoms with Gasteiger partial charge < -0.3 is 9.80 Å². The van der Waals surface area contributed by atoms with Crippen molar-refractivity contribution in [2.24, 2.45) is 0 Å². The zero-order valence-electron chi connectivity index (χ0n) is 12.3. The Morgan fingerprint density at radius 3 is 1.78 bits per heavy atom. The first-order valence-electron chi connectivity index (χ1n) is 7.50. The third kappa shape index (κ3) is 2.81. The molecule has 2 atom stereocenters. The highest BCUT2D eigenvalue weighted by Crippen LogP contribution is 2.37. The minimum Gasteiger partial charge on any atom is -0.354 e. The molecule has 23 heavy (non-hydrogen) atoms. The van der Waals surface area contributed by atoms with E-state index in [-0.39, 0.29) is 0 Å². The molecule has 0 aromatic rings. The summed E-state index contributed by atoms with van der Waals surface area (Å²) < 4.78 is 0. The average Bonchev–Trinajstić information content (AvgIpc) is 2.48. The lowest BCUT2D eigenvalue weighted by Gasteiger charge is -2.44. The summed E-state index contributed by atoms with van der Waals surface area (Å²) in [6.45, 7) is 1.67. The molecule has 0 aromatic carbocycles. The van der Waals surface area contributed by atoms with Crippen LogP contribution in [0.4, 0.5) is 0 Å². The highest BCUT2D eigenvalue weighted by atomic mass is 32.2. The summed E-state index contributed by atoms with van der Waals surface area (Å²) in [5.41, 5.74) is 0.958. The molecule has 2 unspecified atom stereocenters. The molecule has 0 aliphatic carbocycles. The molecule has 4 heterocycles. The Morgan fingerprint density at radius 1 is 0.913 bits per heavy atom. The van der Waals surface area contributed by atoms with Crippen LogP contribution in [0.2, 0.25) is 0 Å². The SMILES string of the molecule is O=C(OOOC(=O)C1=CCSC2CCN12)C1=CCSC2CCN12. The molecule has 4 aliphatic rings. The predicted octanol–water partition coefficient (Wildman–Crippen LogP) is 1.24. The van der Waals surface area contributed by atoms with Gasteiger partial charge in [-0.05, 0) is 25.0 Å². The zero-order chi connectivity index (χ0) is 15.8. The summed E-state index contributed by atoms with van der Waals surface area (Å²) in [6.07, 6.45) is 5.74. The van der Waals surface area contributed by atoms with Crippen molar-refractivity contribution >= 4 is 35.5 Å². The fourth-order valence-corrected chi connectivity index (χ4v) is 5.20. The molecular formula is C14H16N2O5S2. The third-order valence-corrected chi connectivity index (χ3v) is 6.78. The summed E-state index contributed by atoms with van der Waals surface area (Å²) in [4.78, 5) is 37.2. The van der Waals surface area contributed by atoms with Crippen LogP contribution in [0.25, 0.3) is 0 Å². The average molecular weight is 356 g/mol. The van der Waals surface area contributed by atoms with Crippen LogP contribution in [0.15, 0.2) is 23.5 Å². The van der Waals surface area contributed by atoms with Crippen LogP contribution in [0, 0.1) is 0 Å². The molecule has 2 fully saturated rings. The van der Waals surface area contributed by atoms with Gasteiger partial charge in [-0.25, -0.2) is 9.59 Å². The Kier molecular flexibility index (Phi) is 4.16. The summed E-state index contributed by atoms with van der Waals surface area (Å²) in [5.74, 6) is 0.286. The molecule has 0 radical (unpaired) electrons. The Bertz CT molecular complexity index is 544. The van der Waals surface area contributed by atoms with Gasteiger partial charge in [-0.1, -0.05) is 0 Å². The van der Waals surface area contributed by atoms with Crippen LogP contribution in [0.3, 0.4) is 0 Å². The van der Waals surface area contributed by atoms with Crippen molar-refractivity contribution in [1.82, 2.24) is 9.80 Å². The molecule has 0 N–H and O–H groups in total. The first-order chi connectivity index (χ1) is 11.2. The molecule has 7 nitrogen and oxygen atoms in total. The van der Waals surface area contributed by atoms with Crippen molar-refractivity contribution in [3.05, 3.63) is 23.5 Å². The van der Waals surface area contributed by atoms with Crippen LogP contribution in [-0.4, -0.2) is 57.1 Å². The van der Waals surface area contributed by atoms with E-state index >= 15 is 0 Å². The van der Waals surface area contributed by atoms with Crippen molar-refractivity contribution in [3.63, 3.8) is 0 Å². The molecule has 0 bridgehead atoms. The quantitative estimate of drug-likeness (QED) is 0.547. The van der Waals surface area contributed by atoms with Crippen LogP contribution < -0.4 is 0 Å². The van der Waals surface area contributed by atoms with Gasteiger partial charge in [0.15, 0.2) is 0 Å². The number of nitrogens with zero attached hydrogens (tertiary/aromatic N) is 2. The van der Waals surface area contributed by atoms with E-state index in [1.165, 1.54) is 0 Å². The van der Waals surface area contributed by atoms with Gasteiger partial charge in [-0.3, -0.25) is 9.78 Å². The number of fused-ring (bicyclic) bond motifs is 2. The molecule has 4 rings (SSSR count). The van der Waals surface area contributed by atoms with Crippen molar-refractivity contribution in [3.8, 4) is 0 Å². The fraction of sp³-hybridized carbons (Fsp3) is 0.571. The van der Waals surface area contributed by atoms with E-state index in [0.717, 1.165) is 37.4 Å². The summed E-state index contributed by atoms with van der Waals surface area (Å²) >= 11 is 3.58. The van der Waals surface area contributed by atoms with Gasteiger partial charge in [-0.2, -0.15) is 0 Å². The maximum Gasteiger partial charge on any atom is 0.393 e. The second-order valence-corrected chi connectivity index (χ2v) is 7.95. The number of rotatable bonds is 4. The van der Waals surface area contributed by atoms with Crippen LogP contribution in [0.1, 0.15) is 12.8 Å². The first kappa shape index (κ1) is 15.2. The van der Waals surface area contributed by atoms with E-state index in [4.69, 9.17) is 0 Å². The van der Waals surface area contributed by atoms with Crippen molar-refractivity contribution in [1.29, 1.82) is 0 Å². The number of hydrogen-bond acceptors (Lipinski definition) is 9. The molecule has 2 saturated heterocycles. The standard InChI is InChI=1S/C14H16N2O5S2/c17-13(9-3-7-22-11-1-5-15(9)11)19-21-20-14(18)10-4-8-23-12-2-6-16(10)12/h3-4,11-12H,1-2,5-8H2. The molecule has 4 aliphatic heterocycles. The Morgan fingerprint density at radius 2 is 1.39 bits per heavy atom. The lowest BCUT2D eigenvalue weighted by atomic mass is 10.2. The zero-order valence-corrected chi connectivity index (χ0v) is 13.9. The van der Waals surface area contributed by atoms with Crippen molar-refractivity contribution in [2.75, 3.05) is 24.6 Å². The highest BCUT2D eigenvalue weighted by Gasteiger charge is 2.38. The Hall–Kier alpha value is -1.32. The van der Waals surface area contributed by atoms with Crippen LogP contribution >= 0.6 is 23.5 Å². The van der Waals surface area contributed by atoms with E-state index in [1.807, 2.05) is 9.80 Å². The van der Waals surface area contributed by atoms with Crippen LogP contribution in [0.5, 0.6) is 0 Å².